The van der Waals surface area contributed by atoms with Crippen LogP contribution in [0.5, 0.6) is 0 Å². The summed E-state index contributed by atoms with van der Waals surface area (Å²) >= 11 is 0. The SMILES string of the molecule is CCCCC[C@@H]1C(=O)[C@@H]2[C@@H](CO)C[C@@H](CO)[C@@H]2[C@H]1CCCC. The number of ketones is 1. The van der Waals surface area contributed by atoms with Crippen molar-refractivity contribution in [1.82, 2.24) is 0 Å². The number of hydrogen-bond acceptors (Lipinski definition) is 3. The molecule has 2 N–H and O–H groups in total. The van der Waals surface area contributed by atoms with Crippen LogP contribution in [0, 0.1) is 35.5 Å². The van der Waals surface area contributed by atoms with Crippen molar-refractivity contribution in [3.05, 3.63) is 0 Å². The summed E-state index contributed by atoms with van der Waals surface area (Å²) in [6, 6.07) is 0. The van der Waals surface area contributed by atoms with Gasteiger partial charge in [-0.1, -0.05) is 46.0 Å². The van der Waals surface area contributed by atoms with Crippen LogP contribution in [-0.2, 0) is 4.79 Å². The smallest absolute Gasteiger partial charge is 0.139 e. The Morgan fingerprint density at radius 2 is 1.64 bits per heavy atom. The Bertz CT molecular complexity index is 355. The predicted octanol–water partition coefficient (Wildman–Crippen LogP) is 3.43. The highest BCUT2D eigenvalue weighted by Crippen LogP contribution is 2.56. The fourth-order valence-corrected chi connectivity index (χ4v) is 5.25. The Morgan fingerprint density at radius 1 is 0.955 bits per heavy atom. The molecule has 0 aromatic rings. The highest BCUT2D eigenvalue weighted by Gasteiger charge is 2.57. The van der Waals surface area contributed by atoms with Crippen molar-refractivity contribution in [2.45, 2.75) is 65.2 Å². The Hall–Kier alpha value is -0.410. The van der Waals surface area contributed by atoms with E-state index in [9.17, 15) is 15.0 Å². The van der Waals surface area contributed by atoms with Gasteiger partial charge < -0.3 is 10.2 Å². The summed E-state index contributed by atoms with van der Waals surface area (Å²) in [5, 5.41) is 19.4. The van der Waals surface area contributed by atoms with Gasteiger partial charge in [0.15, 0.2) is 0 Å². The second-order valence-corrected chi connectivity index (χ2v) is 7.53. The molecule has 0 spiro atoms. The maximum absolute atomic E-state index is 13.0. The fraction of sp³-hybridized carbons (Fsp3) is 0.947. The zero-order chi connectivity index (χ0) is 16.1. The molecule has 3 heteroatoms. The molecule has 0 bridgehead atoms. The van der Waals surface area contributed by atoms with E-state index in [0.29, 0.717) is 17.6 Å². The van der Waals surface area contributed by atoms with Gasteiger partial charge in [0.1, 0.15) is 5.78 Å². The summed E-state index contributed by atoms with van der Waals surface area (Å²) in [5.41, 5.74) is 0. The zero-order valence-corrected chi connectivity index (χ0v) is 14.3. The lowest BCUT2D eigenvalue weighted by Gasteiger charge is -2.27. The normalized spacial score (nSPS) is 37.7. The molecule has 0 unspecified atom stereocenters. The number of unbranched alkanes of at least 4 members (excludes halogenated alkanes) is 3. The average molecular weight is 310 g/mol. The number of hydrogen-bond donors (Lipinski definition) is 2. The summed E-state index contributed by atoms with van der Waals surface area (Å²) in [6.45, 7) is 4.68. The third-order valence-electron chi connectivity index (χ3n) is 6.26. The molecule has 3 nitrogen and oxygen atoms in total. The van der Waals surface area contributed by atoms with Crippen molar-refractivity contribution < 1.29 is 15.0 Å². The maximum Gasteiger partial charge on any atom is 0.139 e. The van der Waals surface area contributed by atoms with Crippen LogP contribution in [0.15, 0.2) is 0 Å². The molecule has 0 aromatic heterocycles. The van der Waals surface area contributed by atoms with Crippen molar-refractivity contribution in [3.8, 4) is 0 Å². The van der Waals surface area contributed by atoms with Crippen LogP contribution < -0.4 is 0 Å². The van der Waals surface area contributed by atoms with E-state index in [4.69, 9.17) is 0 Å². The van der Waals surface area contributed by atoms with Gasteiger partial charge in [-0.25, -0.2) is 0 Å². The van der Waals surface area contributed by atoms with Gasteiger partial charge >= 0.3 is 0 Å². The second kappa shape index (κ2) is 8.44. The third kappa shape index (κ3) is 3.41. The number of aliphatic hydroxyl groups excluding tert-OH is 2. The summed E-state index contributed by atoms with van der Waals surface area (Å²) in [5.74, 6) is 1.72. The van der Waals surface area contributed by atoms with E-state index in [1.54, 1.807) is 0 Å². The molecule has 0 saturated heterocycles. The van der Waals surface area contributed by atoms with Crippen LogP contribution in [0.1, 0.15) is 65.2 Å². The van der Waals surface area contributed by atoms with Gasteiger partial charge in [0.05, 0.1) is 0 Å². The van der Waals surface area contributed by atoms with Gasteiger partial charge in [0.25, 0.3) is 0 Å². The Labute approximate surface area is 135 Å². The lowest BCUT2D eigenvalue weighted by molar-refractivity contribution is -0.126. The topological polar surface area (TPSA) is 57.5 Å². The quantitative estimate of drug-likeness (QED) is 0.642. The summed E-state index contributed by atoms with van der Waals surface area (Å²) in [7, 11) is 0. The number of Topliss-reactive ketones (excluding diaryl/α,β-unsaturated/α-hetero) is 1. The Kier molecular flexibility index (Phi) is 6.88. The number of carbonyl (C=O) groups is 1. The lowest BCUT2D eigenvalue weighted by Crippen LogP contribution is -2.24. The van der Waals surface area contributed by atoms with Crippen molar-refractivity contribution in [2.24, 2.45) is 35.5 Å². The first-order valence-electron chi connectivity index (χ1n) is 9.44. The van der Waals surface area contributed by atoms with Gasteiger partial charge in [-0.3, -0.25) is 4.79 Å². The largest absolute Gasteiger partial charge is 0.396 e. The molecule has 0 radical (unpaired) electrons. The highest BCUT2D eigenvalue weighted by molar-refractivity contribution is 5.87. The van der Waals surface area contributed by atoms with E-state index < -0.39 is 0 Å². The van der Waals surface area contributed by atoms with Crippen LogP contribution in [0.4, 0.5) is 0 Å². The molecule has 22 heavy (non-hydrogen) atoms. The van der Waals surface area contributed by atoms with Crippen LogP contribution in [0.3, 0.4) is 0 Å². The number of carbonyl (C=O) groups excluding carboxylic acids is 1. The van der Waals surface area contributed by atoms with Crippen LogP contribution >= 0.6 is 0 Å². The number of fused-ring (bicyclic) bond motifs is 1. The molecule has 0 aliphatic heterocycles. The minimum absolute atomic E-state index is 0.0237. The van der Waals surface area contributed by atoms with Crippen LogP contribution in [0.2, 0.25) is 0 Å². The van der Waals surface area contributed by atoms with E-state index in [-0.39, 0.29) is 36.9 Å². The van der Waals surface area contributed by atoms with Gasteiger partial charge in [0, 0.05) is 25.0 Å². The van der Waals surface area contributed by atoms with Crippen molar-refractivity contribution in [2.75, 3.05) is 13.2 Å². The zero-order valence-electron chi connectivity index (χ0n) is 14.3. The van der Waals surface area contributed by atoms with Gasteiger partial charge in [-0.2, -0.15) is 0 Å². The molecule has 0 heterocycles. The van der Waals surface area contributed by atoms with E-state index in [1.165, 1.54) is 19.3 Å². The van der Waals surface area contributed by atoms with Gasteiger partial charge in [-0.15, -0.1) is 0 Å². The predicted molar refractivity (Wildman–Crippen MR) is 88.4 cm³/mol. The fourth-order valence-electron chi connectivity index (χ4n) is 5.25. The van der Waals surface area contributed by atoms with Crippen molar-refractivity contribution in [1.29, 1.82) is 0 Å². The molecule has 2 aliphatic carbocycles. The van der Waals surface area contributed by atoms with E-state index in [1.807, 2.05) is 0 Å². The lowest BCUT2D eigenvalue weighted by atomic mass is 9.78. The molecular weight excluding hydrogens is 276 g/mol. The number of aliphatic hydroxyl groups is 2. The van der Waals surface area contributed by atoms with Crippen molar-refractivity contribution in [3.63, 3.8) is 0 Å². The standard InChI is InChI=1S/C19H34O3/c1-3-5-7-9-16-15(8-6-4-2)17-13(11-20)10-14(12-21)18(17)19(16)22/h13-18,20-21H,3-12H2,1-2H3/t13-,14+,15-,16-,17+,18+/m0/s1. The molecule has 2 fully saturated rings. The van der Waals surface area contributed by atoms with Crippen molar-refractivity contribution >= 4 is 5.78 Å². The van der Waals surface area contributed by atoms with Gasteiger partial charge in [0.2, 0.25) is 0 Å². The van der Waals surface area contributed by atoms with E-state index >= 15 is 0 Å². The first-order valence-corrected chi connectivity index (χ1v) is 9.44. The molecular formula is C19H34O3. The first kappa shape index (κ1) is 17.9. The summed E-state index contributed by atoms with van der Waals surface area (Å²) in [6.07, 6.45) is 8.84. The van der Waals surface area contributed by atoms with E-state index in [2.05, 4.69) is 13.8 Å². The molecule has 2 rings (SSSR count). The van der Waals surface area contributed by atoms with Crippen LogP contribution in [-0.4, -0.2) is 29.2 Å². The highest BCUT2D eigenvalue weighted by atomic mass is 16.3. The first-order chi connectivity index (χ1) is 10.7. The Morgan fingerprint density at radius 3 is 2.23 bits per heavy atom. The molecule has 128 valence electrons. The maximum atomic E-state index is 13.0. The molecule has 0 aromatic carbocycles. The molecule has 2 saturated carbocycles. The average Bonchev–Trinajstić information content (AvgIpc) is 3.03. The van der Waals surface area contributed by atoms with Gasteiger partial charge in [-0.05, 0) is 42.9 Å². The third-order valence-corrected chi connectivity index (χ3v) is 6.26. The number of rotatable bonds is 9. The summed E-state index contributed by atoms with van der Waals surface area (Å²) < 4.78 is 0. The second-order valence-electron chi connectivity index (χ2n) is 7.53. The molecule has 0 amide bonds. The molecule has 2 aliphatic rings. The minimum atomic E-state index is 0.0237. The Balaban J connectivity index is 2.16. The summed E-state index contributed by atoms with van der Waals surface area (Å²) in [4.78, 5) is 13.0. The monoisotopic (exact) mass is 310 g/mol. The van der Waals surface area contributed by atoms with Crippen LogP contribution in [0.25, 0.3) is 0 Å². The van der Waals surface area contributed by atoms with E-state index in [0.717, 1.165) is 32.1 Å². The molecule has 6 atom stereocenters. The minimum Gasteiger partial charge on any atom is -0.396 e.